The van der Waals surface area contributed by atoms with Gasteiger partial charge in [-0.2, -0.15) is 0 Å². The van der Waals surface area contributed by atoms with Gasteiger partial charge in [-0.15, -0.1) is 0 Å². The molecule has 90 valence electrons. The van der Waals surface area contributed by atoms with Crippen LogP contribution in [0.1, 0.15) is 39.0 Å². The van der Waals surface area contributed by atoms with E-state index in [4.69, 9.17) is 5.11 Å². The van der Waals surface area contributed by atoms with Crippen LogP contribution in [-0.2, 0) is 14.4 Å². The maximum absolute atomic E-state index is 11.4. The highest BCUT2D eigenvalue weighted by Crippen LogP contribution is 2.16. The van der Waals surface area contributed by atoms with Crippen molar-refractivity contribution < 1.29 is 19.5 Å². The van der Waals surface area contributed by atoms with Crippen molar-refractivity contribution in [2.24, 2.45) is 0 Å². The predicted octanol–water partition coefficient (Wildman–Crippen LogP) is 0.821. The molecule has 1 amide bonds. The molecule has 0 aliphatic carbocycles. The minimum absolute atomic E-state index is 0.0398. The number of Topliss-reactive ketones (excluding diaryl/α,β-unsaturated/α-hetero) is 1. The summed E-state index contributed by atoms with van der Waals surface area (Å²) in [5.41, 5.74) is 0. The summed E-state index contributed by atoms with van der Waals surface area (Å²) in [5, 5.41) is 9.03. The number of likely N-dealkylation sites (tertiary alicyclic amines) is 1. The summed E-state index contributed by atoms with van der Waals surface area (Å²) in [6.07, 6.45) is 3.00. The molecule has 5 nitrogen and oxygen atoms in total. The Hall–Kier alpha value is -1.39. The number of nitrogens with zero attached hydrogens (tertiary/aromatic N) is 1. The molecular weight excluding hydrogens is 210 g/mol. The van der Waals surface area contributed by atoms with Crippen molar-refractivity contribution in [1.29, 1.82) is 0 Å². The van der Waals surface area contributed by atoms with E-state index in [-0.39, 0.29) is 24.7 Å². The molecule has 1 heterocycles. The van der Waals surface area contributed by atoms with Crippen molar-refractivity contribution in [2.45, 2.75) is 45.1 Å². The van der Waals surface area contributed by atoms with Crippen LogP contribution < -0.4 is 0 Å². The summed E-state index contributed by atoms with van der Waals surface area (Å²) >= 11 is 0. The van der Waals surface area contributed by atoms with Crippen LogP contribution in [0.5, 0.6) is 0 Å². The average molecular weight is 227 g/mol. The molecule has 5 heteroatoms. The minimum atomic E-state index is -1.01. The first-order valence-corrected chi connectivity index (χ1v) is 5.60. The summed E-state index contributed by atoms with van der Waals surface area (Å²) in [5.74, 6) is -1.56. The standard InChI is InChI=1S/C11H17NO4/c1-2-3-4-5-9(11(15)16)12-7-8(13)6-10(12)14/h9H,2-7H2,1H3,(H,15,16)/t9-/m0/s1. The number of carbonyl (C=O) groups excluding carboxylic acids is 2. The largest absolute Gasteiger partial charge is 0.480 e. The van der Waals surface area contributed by atoms with Gasteiger partial charge in [0, 0.05) is 0 Å². The number of hydrogen-bond acceptors (Lipinski definition) is 3. The number of carboxylic acid groups (broad SMARTS) is 1. The third kappa shape index (κ3) is 3.05. The van der Waals surface area contributed by atoms with Crippen molar-refractivity contribution in [2.75, 3.05) is 6.54 Å². The lowest BCUT2D eigenvalue weighted by Crippen LogP contribution is -2.42. The number of carbonyl (C=O) groups is 3. The van der Waals surface area contributed by atoms with E-state index in [2.05, 4.69) is 0 Å². The molecule has 0 unspecified atom stereocenters. The molecule has 0 radical (unpaired) electrons. The molecule has 1 fully saturated rings. The lowest BCUT2D eigenvalue weighted by Gasteiger charge is -2.23. The van der Waals surface area contributed by atoms with Crippen LogP contribution in [0.15, 0.2) is 0 Å². The fraction of sp³-hybridized carbons (Fsp3) is 0.727. The van der Waals surface area contributed by atoms with Gasteiger partial charge in [0.15, 0.2) is 5.78 Å². The Morgan fingerprint density at radius 2 is 2.12 bits per heavy atom. The normalized spacial score (nSPS) is 17.9. The average Bonchev–Trinajstić information content (AvgIpc) is 2.52. The van der Waals surface area contributed by atoms with E-state index < -0.39 is 12.0 Å². The Labute approximate surface area is 94.4 Å². The van der Waals surface area contributed by atoms with E-state index in [1.165, 1.54) is 4.90 Å². The SMILES string of the molecule is CCCCC[C@@H](C(=O)O)N1CC(=O)CC1=O. The fourth-order valence-corrected chi connectivity index (χ4v) is 1.89. The quantitative estimate of drug-likeness (QED) is 0.538. The molecule has 0 saturated carbocycles. The summed E-state index contributed by atoms with van der Waals surface area (Å²) in [6.45, 7) is 1.99. The monoisotopic (exact) mass is 227 g/mol. The molecule has 1 N–H and O–H groups in total. The molecular formula is C11H17NO4. The zero-order valence-corrected chi connectivity index (χ0v) is 9.44. The highest BCUT2D eigenvalue weighted by Gasteiger charge is 2.36. The van der Waals surface area contributed by atoms with E-state index >= 15 is 0 Å². The Bertz CT molecular complexity index is 300. The zero-order valence-electron chi connectivity index (χ0n) is 9.44. The maximum Gasteiger partial charge on any atom is 0.326 e. The molecule has 0 spiro atoms. The fourth-order valence-electron chi connectivity index (χ4n) is 1.89. The number of aliphatic carboxylic acids is 1. The number of rotatable bonds is 6. The molecule has 0 aromatic heterocycles. The van der Waals surface area contributed by atoms with Gasteiger partial charge in [-0.3, -0.25) is 9.59 Å². The van der Waals surface area contributed by atoms with Gasteiger partial charge in [0.2, 0.25) is 5.91 Å². The Balaban J connectivity index is 2.59. The first-order chi connectivity index (χ1) is 7.56. The van der Waals surface area contributed by atoms with Gasteiger partial charge < -0.3 is 10.0 Å². The van der Waals surface area contributed by atoms with E-state index in [1.54, 1.807) is 0 Å². The molecule has 1 rings (SSSR count). The third-order valence-electron chi connectivity index (χ3n) is 2.76. The van der Waals surface area contributed by atoms with Crippen molar-refractivity contribution >= 4 is 17.7 Å². The van der Waals surface area contributed by atoms with Crippen LogP contribution in [-0.4, -0.2) is 40.3 Å². The molecule has 1 aliphatic heterocycles. The van der Waals surface area contributed by atoms with Gasteiger partial charge in [-0.1, -0.05) is 26.2 Å². The van der Waals surface area contributed by atoms with Gasteiger partial charge in [0.1, 0.15) is 6.04 Å². The number of ketones is 1. The van der Waals surface area contributed by atoms with Crippen LogP contribution in [0.2, 0.25) is 0 Å². The third-order valence-corrected chi connectivity index (χ3v) is 2.76. The number of unbranched alkanes of at least 4 members (excludes halogenated alkanes) is 2. The smallest absolute Gasteiger partial charge is 0.326 e. The van der Waals surface area contributed by atoms with Crippen LogP contribution in [0.25, 0.3) is 0 Å². The zero-order chi connectivity index (χ0) is 12.1. The summed E-state index contributed by atoms with van der Waals surface area (Å²) in [7, 11) is 0. The molecule has 0 aromatic rings. The summed E-state index contributed by atoms with van der Waals surface area (Å²) < 4.78 is 0. The highest BCUT2D eigenvalue weighted by molar-refractivity contribution is 6.06. The van der Waals surface area contributed by atoms with E-state index in [9.17, 15) is 14.4 Å². The van der Waals surface area contributed by atoms with Crippen molar-refractivity contribution in [3.8, 4) is 0 Å². The molecule has 1 aliphatic rings. The second-order valence-electron chi connectivity index (χ2n) is 4.09. The maximum atomic E-state index is 11.4. The van der Waals surface area contributed by atoms with Gasteiger partial charge in [0.25, 0.3) is 0 Å². The van der Waals surface area contributed by atoms with Gasteiger partial charge in [-0.25, -0.2) is 4.79 Å². The van der Waals surface area contributed by atoms with Crippen molar-refractivity contribution in [3.63, 3.8) is 0 Å². The van der Waals surface area contributed by atoms with Crippen LogP contribution in [0.3, 0.4) is 0 Å². The van der Waals surface area contributed by atoms with E-state index in [1.807, 2.05) is 6.92 Å². The number of amides is 1. The van der Waals surface area contributed by atoms with Gasteiger partial charge >= 0.3 is 5.97 Å². The Morgan fingerprint density at radius 1 is 1.44 bits per heavy atom. The van der Waals surface area contributed by atoms with Crippen LogP contribution >= 0.6 is 0 Å². The van der Waals surface area contributed by atoms with Crippen molar-refractivity contribution in [1.82, 2.24) is 4.90 Å². The van der Waals surface area contributed by atoms with E-state index in [0.29, 0.717) is 6.42 Å². The number of carboxylic acids is 1. The lowest BCUT2D eigenvalue weighted by atomic mass is 10.1. The minimum Gasteiger partial charge on any atom is -0.480 e. The molecule has 1 saturated heterocycles. The van der Waals surface area contributed by atoms with Crippen molar-refractivity contribution in [3.05, 3.63) is 0 Å². The van der Waals surface area contributed by atoms with Crippen LogP contribution in [0, 0.1) is 0 Å². The lowest BCUT2D eigenvalue weighted by molar-refractivity contribution is -0.148. The van der Waals surface area contributed by atoms with Gasteiger partial charge in [-0.05, 0) is 6.42 Å². The first-order valence-electron chi connectivity index (χ1n) is 5.60. The van der Waals surface area contributed by atoms with Gasteiger partial charge in [0.05, 0.1) is 13.0 Å². The predicted molar refractivity (Wildman–Crippen MR) is 56.9 cm³/mol. The summed E-state index contributed by atoms with van der Waals surface area (Å²) in [6, 6.07) is -0.828. The topological polar surface area (TPSA) is 74.7 Å². The van der Waals surface area contributed by atoms with E-state index in [0.717, 1.165) is 19.3 Å². The first kappa shape index (κ1) is 12.7. The second kappa shape index (κ2) is 5.63. The molecule has 0 aromatic carbocycles. The number of hydrogen-bond donors (Lipinski definition) is 1. The highest BCUT2D eigenvalue weighted by atomic mass is 16.4. The Morgan fingerprint density at radius 3 is 2.56 bits per heavy atom. The molecule has 16 heavy (non-hydrogen) atoms. The van der Waals surface area contributed by atoms with Crippen LogP contribution in [0.4, 0.5) is 0 Å². The Kier molecular flexibility index (Phi) is 4.46. The summed E-state index contributed by atoms with van der Waals surface area (Å²) in [4.78, 5) is 34.7. The molecule has 0 bridgehead atoms. The second-order valence-corrected chi connectivity index (χ2v) is 4.09. The molecule has 1 atom stereocenters.